The molecule has 0 amide bonds. The van der Waals surface area contributed by atoms with Crippen molar-refractivity contribution in [3.05, 3.63) is 234 Å². The molecule has 0 saturated heterocycles. The van der Waals surface area contributed by atoms with Gasteiger partial charge in [-0.15, -0.1) is 11.3 Å². The van der Waals surface area contributed by atoms with Crippen molar-refractivity contribution in [1.29, 1.82) is 0 Å². The summed E-state index contributed by atoms with van der Waals surface area (Å²) in [6.07, 6.45) is 18.4. The molecule has 1 heterocycles. The van der Waals surface area contributed by atoms with Crippen molar-refractivity contribution in [3.8, 4) is 0 Å². The summed E-state index contributed by atoms with van der Waals surface area (Å²) >= 11 is 1.78. The van der Waals surface area contributed by atoms with E-state index in [0.717, 1.165) is 61.4 Å². The first-order valence-electron chi connectivity index (χ1n) is 18.9. The molecule has 5 aromatic carbocycles. The monoisotopic (exact) mass is 747 g/mol. The van der Waals surface area contributed by atoms with Crippen LogP contribution in [0.15, 0.2) is 217 Å². The SMILES string of the molecule is C=CC(/C=C/C=C(\C=C/C)C(/C)=C/C)=C(\C=C(/C)c1ccccc1)Nc1cc(C(=C)NC(/N=C/c2ccccc2)c2ccccc2)c2sc3ccccc3c2c1. The quantitative estimate of drug-likeness (QED) is 0.0811. The number of thiophene rings is 1. The van der Waals surface area contributed by atoms with Crippen LogP contribution in [0.1, 0.15) is 56.1 Å². The van der Waals surface area contributed by atoms with Gasteiger partial charge in [0.25, 0.3) is 0 Å². The Morgan fingerprint density at radius 2 is 1.46 bits per heavy atom. The van der Waals surface area contributed by atoms with Gasteiger partial charge in [-0.3, -0.25) is 4.99 Å². The van der Waals surface area contributed by atoms with Crippen LogP contribution in [0.4, 0.5) is 5.69 Å². The lowest BCUT2D eigenvalue weighted by molar-refractivity contribution is 0.674. The minimum absolute atomic E-state index is 0.346. The Labute approximate surface area is 336 Å². The number of anilines is 1. The number of hydrogen-bond donors (Lipinski definition) is 2. The molecule has 1 aromatic heterocycles. The normalized spacial score (nSPS) is 13.8. The van der Waals surface area contributed by atoms with Gasteiger partial charge in [0.2, 0.25) is 0 Å². The van der Waals surface area contributed by atoms with E-state index in [4.69, 9.17) is 4.99 Å². The Kier molecular flexibility index (Phi) is 13.4. The van der Waals surface area contributed by atoms with Gasteiger partial charge in [0.15, 0.2) is 0 Å². The van der Waals surface area contributed by atoms with Crippen molar-refractivity contribution in [2.24, 2.45) is 4.99 Å². The number of rotatable bonds is 15. The molecule has 6 aromatic rings. The molecule has 0 fully saturated rings. The Bertz CT molecular complexity index is 2520. The highest BCUT2D eigenvalue weighted by Gasteiger charge is 2.17. The van der Waals surface area contributed by atoms with Crippen LogP contribution in [0.5, 0.6) is 0 Å². The van der Waals surface area contributed by atoms with Gasteiger partial charge in [-0.25, -0.2) is 0 Å². The molecule has 0 radical (unpaired) electrons. The van der Waals surface area contributed by atoms with Gasteiger partial charge in [-0.05, 0) is 91.0 Å². The van der Waals surface area contributed by atoms with E-state index in [9.17, 15) is 0 Å². The van der Waals surface area contributed by atoms with Crippen LogP contribution in [0.2, 0.25) is 0 Å². The van der Waals surface area contributed by atoms with E-state index < -0.39 is 0 Å². The molecule has 0 spiro atoms. The van der Waals surface area contributed by atoms with Crippen LogP contribution in [0, 0.1) is 0 Å². The summed E-state index contributed by atoms with van der Waals surface area (Å²) in [7, 11) is 0. The van der Waals surface area contributed by atoms with Gasteiger partial charge in [0.05, 0.1) is 0 Å². The molecule has 56 heavy (non-hydrogen) atoms. The van der Waals surface area contributed by atoms with Gasteiger partial charge < -0.3 is 10.6 Å². The molecule has 0 saturated carbocycles. The predicted octanol–water partition coefficient (Wildman–Crippen LogP) is 14.4. The molecule has 0 aliphatic heterocycles. The summed E-state index contributed by atoms with van der Waals surface area (Å²) < 4.78 is 2.39. The summed E-state index contributed by atoms with van der Waals surface area (Å²) in [6.45, 7) is 17.3. The maximum Gasteiger partial charge on any atom is 0.144 e. The smallest absolute Gasteiger partial charge is 0.144 e. The molecular formula is C52H49N3S. The highest BCUT2D eigenvalue weighted by atomic mass is 32.1. The standard InChI is InChI=1S/C52H49N3S/c1-7-22-42(37(4)8-2)30-21-29-41(9-3)49(33-38(5)43-25-15-11-16-26-43)55-45-34-47(51-48(35-45)46-31-19-20-32-50(46)56-51)39(6)54-52(44-27-17-12-18-28-44)53-36-40-23-13-10-14-24-40/h7-36,52,54-55H,3,6H2,1-2,4-5H3/b22-7-,29-21+,37-8+,38-33+,42-30+,49-41-,53-36+. The molecular weight excluding hydrogens is 699 g/mol. The topological polar surface area (TPSA) is 36.4 Å². The second-order valence-corrected chi connectivity index (χ2v) is 14.5. The molecule has 1 atom stereocenters. The van der Waals surface area contributed by atoms with Gasteiger partial charge in [0.1, 0.15) is 6.17 Å². The van der Waals surface area contributed by atoms with Crippen LogP contribution in [-0.4, -0.2) is 6.21 Å². The maximum absolute atomic E-state index is 5.03. The lowest BCUT2D eigenvalue weighted by Gasteiger charge is -2.20. The minimum Gasteiger partial charge on any atom is -0.360 e. The van der Waals surface area contributed by atoms with Crippen molar-refractivity contribution >= 4 is 54.7 Å². The van der Waals surface area contributed by atoms with Crippen molar-refractivity contribution in [2.75, 3.05) is 5.32 Å². The third-order valence-corrected chi connectivity index (χ3v) is 10.8. The second-order valence-electron chi connectivity index (χ2n) is 13.5. The van der Waals surface area contributed by atoms with Crippen LogP contribution >= 0.6 is 11.3 Å². The number of hydrogen-bond acceptors (Lipinski definition) is 4. The zero-order valence-corrected chi connectivity index (χ0v) is 33.5. The van der Waals surface area contributed by atoms with Gasteiger partial charge in [-0.2, -0.15) is 0 Å². The first-order valence-corrected chi connectivity index (χ1v) is 19.8. The van der Waals surface area contributed by atoms with Crippen molar-refractivity contribution in [2.45, 2.75) is 33.9 Å². The van der Waals surface area contributed by atoms with E-state index in [-0.39, 0.29) is 6.17 Å². The van der Waals surface area contributed by atoms with Crippen molar-refractivity contribution in [3.63, 3.8) is 0 Å². The van der Waals surface area contributed by atoms with E-state index in [2.05, 4.69) is 172 Å². The summed E-state index contributed by atoms with van der Waals surface area (Å²) in [5, 5.41) is 9.92. The zero-order valence-electron chi connectivity index (χ0n) is 32.7. The molecule has 0 aliphatic carbocycles. The number of nitrogens with zero attached hydrogens (tertiary/aromatic N) is 1. The zero-order chi connectivity index (χ0) is 39.3. The molecule has 6 rings (SSSR count). The van der Waals surface area contributed by atoms with Crippen LogP contribution in [-0.2, 0) is 0 Å². The van der Waals surface area contributed by atoms with E-state index in [1.165, 1.54) is 20.4 Å². The largest absolute Gasteiger partial charge is 0.360 e. The summed E-state index contributed by atoms with van der Waals surface area (Å²) in [5.74, 6) is 0. The molecule has 0 aliphatic rings. The van der Waals surface area contributed by atoms with E-state index in [1.54, 1.807) is 11.3 Å². The third kappa shape index (κ3) is 9.78. The molecule has 1 unspecified atom stereocenters. The molecule has 2 N–H and O–H groups in total. The van der Waals surface area contributed by atoms with E-state index in [1.807, 2.05) is 61.7 Å². The first kappa shape index (κ1) is 39.2. The molecule has 0 bridgehead atoms. The Morgan fingerprint density at radius 1 is 0.786 bits per heavy atom. The minimum atomic E-state index is -0.346. The van der Waals surface area contributed by atoms with E-state index >= 15 is 0 Å². The average Bonchev–Trinajstić information content (AvgIpc) is 3.62. The van der Waals surface area contributed by atoms with Crippen LogP contribution in [0.3, 0.4) is 0 Å². The van der Waals surface area contributed by atoms with Crippen molar-refractivity contribution < 1.29 is 0 Å². The lowest BCUT2D eigenvalue weighted by atomic mass is 10.0. The van der Waals surface area contributed by atoms with Gasteiger partial charge in [0, 0.05) is 49.0 Å². The average molecular weight is 748 g/mol. The Balaban J connectivity index is 1.47. The predicted molar refractivity (Wildman–Crippen MR) is 247 cm³/mol. The number of benzene rings is 5. The fourth-order valence-electron chi connectivity index (χ4n) is 6.44. The number of nitrogens with one attached hydrogen (secondary N) is 2. The Morgan fingerprint density at radius 3 is 2.16 bits per heavy atom. The first-order chi connectivity index (χ1) is 27.4. The fraction of sp³-hybridized carbons (Fsp3) is 0.0962. The molecule has 4 heteroatoms. The van der Waals surface area contributed by atoms with Gasteiger partial charge in [-0.1, -0.05) is 165 Å². The number of allylic oxidation sites excluding steroid dienone is 12. The van der Waals surface area contributed by atoms with E-state index in [0.29, 0.717) is 0 Å². The highest BCUT2D eigenvalue weighted by Crippen LogP contribution is 2.40. The summed E-state index contributed by atoms with van der Waals surface area (Å²) in [4.78, 5) is 5.03. The Hall–Kier alpha value is -6.49. The summed E-state index contributed by atoms with van der Waals surface area (Å²) in [6, 6.07) is 44.0. The third-order valence-electron chi connectivity index (χ3n) is 9.59. The molecule has 3 nitrogen and oxygen atoms in total. The van der Waals surface area contributed by atoms with Crippen molar-refractivity contribution in [1.82, 2.24) is 5.32 Å². The van der Waals surface area contributed by atoms with Crippen LogP contribution < -0.4 is 10.6 Å². The highest BCUT2D eigenvalue weighted by molar-refractivity contribution is 7.26. The lowest BCUT2D eigenvalue weighted by Crippen LogP contribution is -2.18. The second kappa shape index (κ2) is 19.2. The maximum atomic E-state index is 5.03. The molecule has 278 valence electrons. The summed E-state index contributed by atoms with van der Waals surface area (Å²) in [5.41, 5.74) is 11.4. The number of fused-ring (bicyclic) bond motifs is 3. The number of aliphatic imine (C=N–C) groups is 1. The van der Waals surface area contributed by atoms with Gasteiger partial charge >= 0.3 is 0 Å². The fourth-order valence-corrected chi connectivity index (χ4v) is 7.67. The van der Waals surface area contributed by atoms with Crippen LogP contribution in [0.25, 0.3) is 31.4 Å².